The van der Waals surface area contributed by atoms with Crippen molar-refractivity contribution in [1.82, 2.24) is 4.90 Å². The van der Waals surface area contributed by atoms with E-state index in [4.69, 9.17) is 10.6 Å². The highest BCUT2D eigenvalue weighted by Gasteiger charge is 2.11. The van der Waals surface area contributed by atoms with Gasteiger partial charge in [-0.15, -0.1) is 0 Å². The zero-order valence-corrected chi connectivity index (χ0v) is 10.9. The van der Waals surface area contributed by atoms with Gasteiger partial charge < -0.3 is 14.5 Å². The SMILES string of the molecule is CCN(CC)C(=O)c1ccc(OCCON)cc1. The van der Waals surface area contributed by atoms with Gasteiger partial charge in [0.05, 0.1) is 0 Å². The summed E-state index contributed by atoms with van der Waals surface area (Å²) < 4.78 is 5.36. The Kier molecular flexibility index (Phi) is 6.18. The van der Waals surface area contributed by atoms with Crippen molar-refractivity contribution in [3.63, 3.8) is 0 Å². The fourth-order valence-electron chi connectivity index (χ4n) is 1.59. The van der Waals surface area contributed by atoms with Crippen LogP contribution in [-0.4, -0.2) is 37.1 Å². The molecule has 0 bridgehead atoms. The average Bonchev–Trinajstić information content (AvgIpc) is 2.41. The lowest BCUT2D eigenvalue weighted by Gasteiger charge is -2.18. The fraction of sp³-hybridized carbons (Fsp3) is 0.462. The zero-order valence-electron chi connectivity index (χ0n) is 10.9. The summed E-state index contributed by atoms with van der Waals surface area (Å²) in [7, 11) is 0. The highest BCUT2D eigenvalue weighted by molar-refractivity contribution is 5.94. The van der Waals surface area contributed by atoms with E-state index in [1.807, 2.05) is 13.8 Å². The summed E-state index contributed by atoms with van der Waals surface area (Å²) in [6.07, 6.45) is 0. The average molecular weight is 252 g/mol. The predicted molar refractivity (Wildman–Crippen MR) is 69.3 cm³/mol. The van der Waals surface area contributed by atoms with E-state index in [1.54, 1.807) is 29.2 Å². The Labute approximate surface area is 107 Å². The maximum atomic E-state index is 12.0. The molecule has 0 heterocycles. The summed E-state index contributed by atoms with van der Waals surface area (Å²) in [5.41, 5.74) is 0.668. The summed E-state index contributed by atoms with van der Waals surface area (Å²) >= 11 is 0. The number of hydrogen-bond donors (Lipinski definition) is 1. The van der Waals surface area contributed by atoms with Gasteiger partial charge in [0.1, 0.15) is 19.0 Å². The van der Waals surface area contributed by atoms with E-state index in [1.165, 1.54) is 0 Å². The quantitative estimate of drug-likeness (QED) is 0.589. The Hall–Kier alpha value is -1.59. The first-order chi connectivity index (χ1) is 8.72. The van der Waals surface area contributed by atoms with Crippen molar-refractivity contribution in [2.45, 2.75) is 13.8 Å². The van der Waals surface area contributed by atoms with Crippen molar-refractivity contribution < 1.29 is 14.4 Å². The second-order valence-electron chi connectivity index (χ2n) is 3.72. The highest BCUT2D eigenvalue weighted by Crippen LogP contribution is 2.13. The normalized spacial score (nSPS) is 10.2. The first-order valence-corrected chi connectivity index (χ1v) is 6.06. The van der Waals surface area contributed by atoms with Crippen LogP contribution in [-0.2, 0) is 4.84 Å². The molecule has 0 aliphatic heterocycles. The van der Waals surface area contributed by atoms with E-state index in [-0.39, 0.29) is 5.91 Å². The summed E-state index contributed by atoms with van der Waals surface area (Å²) in [6.45, 7) is 6.07. The van der Waals surface area contributed by atoms with Crippen LogP contribution >= 0.6 is 0 Å². The number of hydrogen-bond acceptors (Lipinski definition) is 4. The van der Waals surface area contributed by atoms with Gasteiger partial charge >= 0.3 is 0 Å². The molecular formula is C13H20N2O3. The molecule has 0 spiro atoms. The van der Waals surface area contributed by atoms with Crippen LogP contribution in [0.2, 0.25) is 0 Å². The first kappa shape index (κ1) is 14.5. The molecule has 1 aromatic carbocycles. The molecule has 0 aromatic heterocycles. The van der Waals surface area contributed by atoms with Crippen molar-refractivity contribution in [2.24, 2.45) is 5.90 Å². The number of nitrogens with zero attached hydrogens (tertiary/aromatic N) is 1. The molecule has 2 N–H and O–H groups in total. The van der Waals surface area contributed by atoms with Gasteiger partial charge in [-0.3, -0.25) is 4.79 Å². The van der Waals surface area contributed by atoms with E-state index < -0.39 is 0 Å². The topological polar surface area (TPSA) is 64.8 Å². The lowest BCUT2D eigenvalue weighted by molar-refractivity contribution is 0.0773. The number of carbonyl (C=O) groups excluding carboxylic acids is 1. The molecule has 0 fully saturated rings. The van der Waals surface area contributed by atoms with Gasteiger partial charge in [0.15, 0.2) is 0 Å². The van der Waals surface area contributed by atoms with Crippen molar-refractivity contribution in [1.29, 1.82) is 0 Å². The molecule has 0 saturated carbocycles. The summed E-state index contributed by atoms with van der Waals surface area (Å²) in [5, 5.41) is 0. The number of rotatable bonds is 7. The van der Waals surface area contributed by atoms with Crippen LogP contribution in [0, 0.1) is 0 Å². The van der Waals surface area contributed by atoms with Crippen LogP contribution in [0.5, 0.6) is 5.75 Å². The molecular weight excluding hydrogens is 232 g/mol. The number of carbonyl (C=O) groups is 1. The molecule has 0 radical (unpaired) electrons. The van der Waals surface area contributed by atoms with Crippen LogP contribution in [0.1, 0.15) is 24.2 Å². The Morgan fingerprint density at radius 3 is 2.28 bits per heavy atom. The second kappa shape index (κ2) is 7.68. The molecule has 0 unspecified atom stereocenters. The van der Waals surface area contributed by atoms with Crippen LogP contribution in [0.3, 0.4) is 0 Å². The molecule has 18 heavy (non-hydrogen) atoms. The Bertz CT molecular complexity index is 361. The zero-order chi connectivity index (χ0) is 13.4. The molecule has 5 heteroatoms. The summed E-state index contributed by atoms with van der Waals surface area (Å²) in [6, 6.07) is 7.07. The largest absolute Gasteiger partial charge is 0.491 e. The van der Waals surface area contributed by atoms with Crippen molar-refractivity contribution in [3.05, 3.63) is 29.8 Å². The lowest BCUT2D eigenvalue weighted by atomic mass is 10.2. The molecule has 0 aliphatic carbocycles. The third-order valence-corrected chi connectivity index (χ3v) is 2.62. The minimum atomic E-state index is 0.0387. The van der Waals surface area contributed by atoms with Gasteiger partial charge in [0.2, 0.25) is 0 Å². The molecule has 0 saturated heterocycles. The molecule has 100 valence electrons. The van der Waals surface area contributed by atoms with Crippen molar-refractivity contribution in [3.8, 4) is 5.75 Å². The Morgan fingerprint density at radius 1 is 1.17 bits per heavy atom. The van der Waals surface area contributed by atoms with Gasteiger partial charge in [0.25, 0.3) is 5.91 Å². The van der Waals surface area contributed by atoms with Gasteiger partial charge in [-0.05, 0) is 38.1 Å². The van der Waals surface area contributed by atoms with Crippen molar-refractivity contribution >= 4 is 5.91 Å². The van der Waals surface area contributed by atoms with Crippen LogP contribution in [0.4, 0.5) is 0 Å². The van der Waals surface area contributed by atoms with Gasteiger partial charge in [-0.25, -0.2) is 5.90 Å². The van der Waals surface area contributed by atoms with Crippen LogP contribution < -0.4 is 10.6 Å². The van der Waals surface area contributed by atoms with E-state index in [2.05, 4.69) is 4.84 Å². The number of nitrogens with two attached hydrogens (primary N) is 1. The molecule has 5 nitrogen and oxygen atoms in total. The smallest absolute Gasteiger partial charge is 0.253 e. The predicted octanol–water partition coefficient (Wildman–Crippen LogP) is 1.44. The van der Waals surface area contributed by atoms with Crippen molar-refractivity contribution in [2.75, 3.05) is 26.3 Å². The summed E-state index contributed by atoms with van der Waals surface area (Å²) in [5.74, 6) is 5.63. The van der Waals surface area contributed by atoms with Gasteiger partial charge in [-0.2, -0.15) is 0 Å². The maximum Gasteiger partial charge on any atom is 0.253 e. The number of amides is 1. The Morgan fingerprint density at radius 2 is 1.78 bits per heavy atom. The van der Waals surface area contributed by atoms with Gasteiger partial charge in [0, 0.05) is 18.7 Å². The van der Waals surface area contributed by atoms with Crippen LogP contribution in [0.25, 0.3) is 0 Å². The second-order valence-corrected chi connectivity index (χ2v) is 3.72. The minimum Gasteiger partial charge on any atom is -0.491 e. The molecule has 0 atom stereocenters. The molecule has 0 aliphatic rings. The number of ether oxygens (including phenoxy) is 1. The Balaban J connectivity index is 2.61. The highest BCUT2D eigenvalue weighted by atomic mass is 16.6. The third kappa shape index (κ3) is 4.01. The molecule has 1 aromatic rings. The summed E-state index contributed by atoms with van der Waals surface area (Å²) in [4.78, 5) is 18.2. The van der Waals surface area contributed by atoms with Gasteiger partial charge in [-0.1, -0.05) is 0 Å². The monoisotopic (exact) mass is 252 g/mol. The lowest BCUT2D eigenvalue weighted by Crippen LogP contribution is -2.30. The van der Waals surface area contributed by atoms with E-state index in [9.17, 15) is 4.79 Å². The number of benzene rings is 1. The van der Waals surface area contributed by atoms with Crippen LogP contribution in [0.15, 0.2) is 24.3 Å². The van der Waals surface area contributed by atoms with E-state index >= 15 is 0 Å². The molecule has 1 amide bonds. The van der Waals surface area contributed by atoms with E-state index in [0.29, 0.717) is 37.6 Å². The fourth-order valence-corrected chi connectivity index (χ4v) is 1.59. The standard InChI is InChI=1S/C13H20N2O3/c1-3-15(4-2)13(16)11-5-7-12(8-6-11)17-9-10-18-14/h5-8H,3-4,9-10,14H2,1-2H3. The first-order valence-electron chi connectivity index (χ1n) is 6.06. The maximum absolute atomic E-state index is 12.0. The van der Waals surface area contributed by atoms with E-state index in [0.717, 1.165) is 0 Å². The minimum absolute atomic E-state index is 0.0387. The third-order valence-electron chi connectivity index (χ3n) is 2.62. The molecule has 1 rings (SSSR count).